The van der Waals surface area contributed by atoms with Gasteiger partial charge in [-0.3, -0.25) is 19.3 Å². The van der Waals surface area contributed by atoms with Crippen molar-refractivity contribution in [3.05, 3.63) is 41.7 Å². The number of halogens is 1. The fraction of sp³-hybridized carbons (Fsp3) is 0.476. The number of amides is 3. The Bertz CT molecular complexity index is 777. The van der Waals surface area contributed by atoms with Crippen molar-refractivity contribution in [3.8, 4) is 0 Å². The molecule has 1 N–H and O–H groups in total. The standard InChI is InChI=1S/C21H25FN2O3/c1-12(2)10-18(19(25)23-17-9-8-13(3)11-16(17)22)24-20(26)14-6-4-5-7-15(14)21(24)27/h4-5,8-9,11-12,14-15,18H,6-7,10H2,1-3H3,(H,23,25). The van der Waals surface area contributed by atoms with Crippen LogP contribution in [0.15, 0.2) is 30.4 Å². The molecule has 27 heavy (non-hydrogen) atoms. The smallest absolute Gasteiger partial charge is 0.247 e. The molecule has 2 aliphatic rings. The van der Waals surface area contributed by atoms with Gasteiger partial charge in [-0.05, 0) is 49.8 Å². The van der Waals surface area contributed by atoms with Crippen molar-refractivity contribution in [1.29, 1.82) is 0 Å². The van der Waals surface area contributed by atoms with E-state index in [1.165, 1.54) is 12.1 Å². The highest BCUT2D eigenvalue weighted by molar-refractivity contribution is 6.10. The molecule has 1 heterocycles. The molecule has 0 bridgehead atoms. The van der Waals surface area contributed by atoms with Gasteiger partial charge in [0.25, 0.3) is 0 Å². The number of nitrogens with one attached hydrogen (secondary N) is 1. The number of allylic oxidation sites excluding steroid dienone is 2. The third kappa shape index (κ3) is 3.80. The quantitative estimate of drug-likeness (QED) is 0.636. The van der Waals surface area contributed by atoms with Crippen LogP contribution in [-0.2, 0) is 14.4 Å². The van der Waals surface area contributed by atoms with Crippen molar-refractivity contribution in [1.82, 2.24) is 4.90 Å². The predicted molar refractivity (Wildman–Crippen MR) is 100 cm³/mol. The van der Waals surface area contributed by atoms with Crippen LogP contribution in [0, 0.1) is 30.5 Å². The predicted octanol–water partition coefficient (Wildman–Crippen LogP) is 3.44. The minimum atomic E-state index is -0.934. The number of rotatable bonds is 5. The molecule has 1 aromatic carbocycles. The van der Waals surface area contributed by atoms with Crippen LogP contribution in [0.25, 0.3) is 0 Å². The molecule has 1 fully saturated rings. The summed E-state index contributed by atoms with van der Waals surface area (Å²) in [5.74, 6) is -2.34. The number of hydrogen-bond acceptors (Lipinski definition) is 3. The number of imide groups is 1. The summed E-state index contributed by atoms with van der Waals surface area (Å²) >= 11 is 0. The second-order valence-corrected chi connectivity index (χ2v) is 7.82. The first kappa shape index (κ1) is 19.3. The lowest BCUT2D eigenvalue weighted by Gasteiger charge is -2.27. The van der Waals surface area contributed by atoms with Crippen LogP contribution in [-0.4, -0.2) is 28.7 Å². The van der Waals surface area contributed by atoms with Crippen LogP contribution in [0.4, 0.5) is 10.1 Å². The number of likely N-dealkylation sites (tertiary alicyclic amines) is 1. The minimum absolute atomic E-state index is 0.0533. The van der Waals surface area contributed by atoms with Gasteiger partial charge in [0.15, 0.2) is 0 Å². The molecule has 1 aromatic rings. The number of fused-ring (bicyclic) bond motifs is 1. The zero-order valence-electron chi connectivity index (χ0n) is 15.9. The van der Waals surface area contributed by atoms with Crippen LogP contribution >= 0.6 is 0 Å². The topological polar surface area (TPSA) is 66.5 Å². The molecule has 144 valence electrons. The first-order valence-electron chi connectivity index (χ1n) is 9.38. The zero-order valence-corrected chi connectivity index (χ0v) is 15.9. The van der Waals surface area contributed by atoms with Gasteiger partial charge in [0.2, 0.25) is 17.7 Å². The first-order valence-corrected chi connectivity index (χ1v) is 9.38. The lowest BCUT2D eigenvalue weighted by atomic mass is 9.85. The maximum Gasteiger partial charge on any atom is 0.247 e. The molecule has 3 unspecified atom stereocenters. The van der Waals surface area contributed by atoms with Gasteiger partial charge in [0.05, 0.1) is 17.5 Å². The molecule has 3 atom stereocenters. The third-order valence-corrected chi connectivity index (χ3v) is 5.23. The van der Waals surface area contributed by atoms with Gasteiger partial charge in [0, 0.05) is 0 Å². The van der Waals surface area contributed by atoms with Crippen molar-refractivity contribution in [2.45, 2.75) is 46.1 Å². The Morgan fingerprint density at radius 3 is 2.30 bits per heavy atom. The highest BCUT2D eigenvalue weighted by atomic mass is 19.1. The molecule has 0 radical (unpaired) electrons. The van der Waals surface area contributed by atoms with Gasteiger partial charge >= 0.3 is 0 Å². The number of nitrogens with zero attached hydrogens (tertiary/aromatic N) is 1. The molecular weight excluding hydrogens is 347 g/mol. The fourth-order valence-corrected chi connectivity index (χ4v) is 3.85. The molecule has 3 amide bonds. The summed E-state index contributed by atoms with van der Waals surface area (Å²) in [4.78, 5) is 39.8. The number of benzene rings is 1. The van der Waals surface area contributed by atoms with Crippen LogP contribution in [0.5, 0.6) is 0 Å². The highest BCUT2D eigenvalue weighted by Gasteiger charge is 2.51. The largest absolute Gasteiger partial charge is 0.322 e. The molecule has 1 aliphatic heterocycles. The normalized spacial score (nSPS) is 22.9. The number of aryl methyl sites for hydroxylation is 1. The maximum atomic E-state index is 14.1. The van der Waals surface area contributed by atoms with Gasteiger partial charge in [-0.15, -0.1) is 0 Å². The van der Waals surface area contributed by atoms with Crippen molar-refractivity contribution in [3.63, 3.8) is 0 Å². The molecule has 3 rings (SSSR count). The molecule has 1 aliphatic carbocycles. The van der Waals surface area contributed by atoms with E-state index in [4.69, 9.17) is 0 Å². The second-order valence-electron chi connectivity index (χ2n) is 7.82. The summed E-state index contributed by atoms with van der Waals surface area (Å²) in [6.07, 6.45) is 5.20. The van der Waals surface area contributed by atoms with Crippen molar-refractivity contribution >= 4 is 23.4 Å². The summed E-state index contributed by atoms with van der Waals surface area (Å²) in [5.41, 5.74) is 0.795. The molecule has 5 nitrogen and oxygen atoms in total. The van der Waals surface area contributed by atoms with E-state index in [9.17, 15) is 18.8 Å². The summed E-state index contributed by atoms with van der Waals surface area (Å²) < 4.78 is 14.1. The van der Waals surface area contributed by atoms with Gasteiger partial charge in [0.1, 0.15) is 11.9 Å². The average molecular weight is 372 g/mol. The van der Waals surface area contributed by atoms with E-state index in [1.807, 2.05) is 26.0 Å². The Labute approximate surface area is 158 Å². The average Bonchev–Trinajstić information content (AvgIpc) is 2.86. The van der Waals surface area contributed by atoms with Gasteiger partial charge < -0.3 is 5.32 Å². The van der Waals surface area contributed by atoms with Crippen LogP contribution in [0.2, 0.25) is 0 Å². The molecule has 6 heteroatoms. The molecule has 1 saturated heterocycles. The van der Waals surface area contributed by atoms with Gasteiger partial charge in [-0.25, -0.2) is 4.39 Å². The van der Waals surface area contributed by atoms with Crippen LogP contribution in [0.1, 0.15) is 38.7 Å². The molecule has 0 aromatic heterocycles. The van der Waals surface area contributed by atoms with E-state index < -0.39 is 17.8 Å². The first-order chi connectivity index (χ1) is 12.8. The van der Waals surface area contributed by atoms with Crippen molar-refractivity contribution in [2.75, 3.05) is 5.32 Å². The van der Waals surface area contributed by atoms with Crippen LogP contribution < -0.4 is 5.32 Å². The number of carbonyl (C=O) groups excluding carboxylic acids is 3. The van der Waals surface area contributed by atoms with E-state index in [1.54, 1.807) is 13.0 Å². The van der Waals surface area contributed by atoms with E-state index >= 15 is 0 Å². The van der Waals surface area contributed by atoms with Crippen molar-refractivity contribution < 1.29 is 18.8 Å². The lowest BCUT2D eigenvalue weighted by Crippen LogP contribution is -2.48. The Hall–Kier alpha value is -2.50. The SMILES string of the molecule is Cc1ccc(NC(=O)C(CC(C)C)N2C(=O)C3CC=CCC3C2=O)c(F)c1. The molecular formula is C21H25FN2O3. The third-order valence-electron chi connectivity index (χ3n) is 5.23. The van der Waals surface area contributed by atoms with Gasteiger partial charge in [-0.1, -0.05) is 32.1 Å². The highest BCUT2D eigenvalue weighted by Crippen LogP contribution is 2.37. The lowest BCUT2D eigenvalue weighted by molar-refractivity contribution is -0.147. The number of carbonyl (C=O) groups is 3. The summed E-state index contributed by atoms with van der Waals surface area (Å²) in [7, 11) is 0. The molecule has 0 spiro atoms. The van der Waals surface area contributed by atoms with E-state index in [0.717, 1.165) is 10.5 Å². The Morgan fingerprint density at radius 1 is 1.19 bits per heavy atom. The summed E-state index contributed by atoms with van der Waals surface area (Å²) in [6, 6.07) is 3.59. The summed E-state index contributed by atoms with van der Waals surface area (Å²) in [5, 5.41) is 2.57. The summed E-state index contributed by atoms with van der Waals surface area (Å²) in [6.45, 7) is 5.60. The maximum absolute atomic E-state index is 14.1. The molecule has 0 saturated carbocycles. The fourth-order valence-electron chi connectivity index (χ4n) is 3.85. The Morgan fingerprint density at radius 2 is 1.78 bits per heavy atom. The second kappa shape index (κ2) is 7.62. The monoisotopic (exact) mass is 372 g/mol. The number of anilines is 1. The Balaban J connectivity index is 1.86. The van der Waals surface area contributed by atoms with E-state index in [-0.39, 0.29) is 35.3 Å². The van der Waals surface area contributed by atoms with E-state index in [0.29, 0.717) is 19.3 Å². The zero-order chi connectivity index (χ0) is 19.7. The van der Waals surface area contributed by atoms with E-state index in [2.05, 4.69) is 5.32 Å². The van der Waals surface area contributed by atoms with Crippen LogP contribution in [0.3, 0.4) is 0 Å². The van der Waals surface area contributed by atoms with Crippen molar-refractivity contribution in [2.24, 2.45) is 17.8 Å². The number of hydrogen-bond donors (Lipinski definition) is 1. The van der Waals surface area contributed by atoms with Gasteiger partial charge in [-0.2, -0.15) is 0 Å². The Kier molecular flexibility index (Phi) is 5.44. The minimum Gasteiger partial charge on any atom is -0.322 e.